The lowest BCUT2D eigenvalue weighted by Crippen LogP contribution is -2.52. The Morgan fingerprint density at radius 1 is 1.18 bits per heavy atom. The topological polar surface area (TPSA) is 60.7 Å². The summed E-state index contributed by atoms with van der Waals surface area (Å²) in [4.78, 5) is 0. The highest BCUT2D eigenvalue weighted by molar-refractivity contribution is 4.40. The lowest BCUT2D eigenvalue weighted by atomic mass is 10.3. The van der Waals surface area contributed by atoms with E-state index in [0.717, 1.165) is 0 Å². The van der Waals surface area contributed by atoms with Crippen LogP contribution in [0.25, 0.3) is 0 Å². The maximum absolute atomic E-state index is 9.38. The molecule has 0 saturated heterocycles. The summed E-state index contributed by atoms with van der Waals surface area (Å²) in [7, 11) is 3.52. The van der Waals surface area contributed by atoms with Crippen molar-refractivity contribution in [1.82, 2.24) is 0 Å². The highest BCUT2D eigenvalue weighted by Crippen LogP contribution is 2.07. The molecule has 11 heavy (non-hydrogen) atoms. The van der Waals surface area contributed by atoms with E-state index in [1.54, 1.807) is 14.1 Å². The second-order valence-corrected chi connectivity index (χ2v) is 3.33. The Labute approximate surface area is 67.3 Å². The first-order chi connectivity index (χ1) is 4.90. The molecule has 0 aromatic heterocycles. The molecular weight excluding hydrogens is 146 g/mol. The van der Waals surface area contributed by atoms with E-state index < -0.39 is 12.5 Å². The number of aliphatic hydroxyl groups is 3. The molecule has 4 nitrogen and oxygen atoms in total. The molecule has 0 spiro atoms. The zero-order valence-corrected chi connectivity index (χ0v) is 7.36. The van der Waals surface area contributed by atoms with Gasteiger partial charge >= 0.3 is 0 Å². The van der Waals surface area contributed by atoms with Gasteiger partial charge in [0, 0.05) is 6.42 Å². The van der Waals surface area contributed by atoms with Crippen molar-refractivity contribution in [2.75, 3.05) is 20.6 Å². The molecule has 0 heterocycles. The van der Waals surface area contributed by atoms with E-state index >= 15 is 0 Å². The molecule has 0 bridgehead atoms. The molecule has 1 atom stereocenters. The Morgan fingerprint density at radius 3 is 1.91 bits per heavy atom. The van der Waals surface area contributed by atoms with Gasteiger partial charge in [-0.2, -0.15) is 0 Å². The molecule has 0 aromatic carbocycles. The number of hydrogen-bond donors (Lipinski definition) is 3. The fourth-order valence-electron chi connectivity index (χ4n) is 1.04. The van der Waals surface area contributed by atoms with Gasteiger partial charge in [0.1, 0.15) is 6.54 Å². The Balaban J connectivity index is 3.98. The van der Waals surface area contributed by atoms with Crippen molar-refractivity contribution < 1.29 is 19.8 Å². The number of nitrogens with zero attached hydrogens (tertiary/aromatic N) is 1. The van der Waals surface area contributed by atoms with Crippen molar-refractivity contribution in [2.24, 2.45) is 0 Å². The molecule has 4 heteroatoms. The molecule has 0 aliphatic carbocycles. The molecule has 68 valence electrons. The van der Waals surface area contributed by atoms with E-state index in [1.807, 2.05) is 6.92 Å². The van der Waals surface area contributed by atoms with Crippen LogP contribution in [0.4, 0.5) is 0 Å². The van der Waals surface area contributed by atoms with Crippen LogP contribution in [0.15, 0.2) is 0 Å². The normalized spacial score (nSPS) is 15.5. The first-order valence-electron chi connectivity index (χ1n) is 3.77. The van der Waals surface area contributed by atoms with E-state index in [2.05, 4.69) is 0 Å². The standard InChI is InChI=1S/C7H18NO3/c1-4-6(9)8(2,3)5-7(10)11/h6-7,9-11H,4-5H2,1-3H3/q+1. The van der Waals surface area contributed by atoms with Crippen LogP contribution in [0.5, 0.6) is 0 Å². The monoisotopic (exact) mass is 164 g/mol. The van der Waals surface area contributed by atoms with Crippen LogP contribution >= 0.6 is 0 Å². The maximum Gasteiger partial charge on any atom is 0.202 e. The third-order valence-corrected chi connectivity index (χ3v) is 1.81. The second-order valence-electron chi connectivity index (χ2n) is 3.33. The first kappa shape index (κ1) is 10.8. The van der Waals surface area contributed by atoms with Gasteiger partial charge in [-0.3, -0.25) is 4.48 Å². The average molecular weight is 164 g/mol. The summed E-state index contributed by atoms with van der Waals surface area (Å²) in [5.41, 5.74) is 0. The van der Waals surface area contributed by atoms with Crippen LogP contribution in [0.2, 0.25) is 0 Å². The number of aliphatic hydroxyl groups excluding tert-OH is 2. The molecule has 0 fully saturated rings. The predicted molar refractivity (Wildman–Crippen MR) is 41.5 cm³/mol. The zero-order valence-electron chi connectivity index (χ0n) is 7.36. The lowest BCUT2D eigenvalue weighted by molar-refractivity contribution is -0.941. The number of hydrogen-bond acceptors (Lipinski definition) is 3. The smallest absolute Gasteiger partial charge is 0.202 e. The van der Waals surface area contributed by atoms with Crippen molar-refractivity contribution in [3.8, 4) is 0 Å². The summed E-state index contributed by atoms with van der Waals surface area (Å²) in [6, 6.07) is 0. The number of likely N-dealkylation sites (N-methyl/N-ethyl adjacent to an activating group) is 1. The van der Waals surface area contributed by atoms with E-state index in [-0.39, 0.29) is 11.0 Å². The molecule has 0 saturated carbocycles. The minimum Gasteiger partial charge on any atom is -0.364 e. The van der Waals surface area contributed by atoms with Crippen LogP contribution in [0, 0.1) is 0 Å². The van der Waals surface area contributed by atoms with E-state index in [0.29, 0.717) is 6.42 Å². The SMILES string of the molecule is CCC(O)[N+](C)(C)CC(O)O. The summed E-state index contributed by atoms with van der Waals surface area (Å²) in [6.07, 6.45) is -1.28. The van der Waals surface area contributed by atoms with Crippen LogP contribution in [-0.2, 0) is 0 Å². The molecule has 0 aromatic rings. The van der Waals surface area contributed by atoms with Gasteiger partial charge in [0.05, 0.1) is 14.1 Å². The van der Waals surface area contributed by atoms with Crippen molar-refractivity contribution in [3.63, 3.8) is 0 Å². The van der Waals surface area contributed by atoms with Gasteiger partial charge in [-0.25, -0.2) is 0 Å². The summed E-state index contributed by atoms with van der Waals surface area (Å²) < 4.78 is 0.216. The van der Waals surface area contributed by atoms with Gasteiger partial charge < -0.3 is 15.3 Å². The van der Waals surface area contributed by atoms with Crippen LogP contribution in [-0.4, -0.2) is 53.0 Å². The number of rotatable bonds is 4. The average Bonchev–Trinajstić information content (AvgIpc) is 1.83. The molecule has 0 radical (unpaired) electrons. The van der Waals surface area contributed by atoms with Crippen molar-refractivity contribution in [2.45, 2.75) is 25.9 Å². The Bertz CT molecular complexity index is 114. The molecule has 0 aliphatic rings. The highest BCUT2D eigenvalue weighted by Gasteiger charge is 2.26. The molecule has 0 amide bonds. The van der Waals surface area contributed by atoms with Crippen LogP contribution < -0.4 is 0 Å². The van der Waals surface area contributed by atoms with Gasteiger partial charge in [0.2, 0.25) is 6.29 Å². The Hall–Kier alpha value is -0.160. The lowest BCUT2D eigenvalue weighted by Gasteiger charge is -2.34. The van der Waals surface area contributed by atoms with Gasteiger partial charge in [0.15, 0.2) is 6.23 Å². The minimum atomic E-state index is -1.36. The first-order valence-corrected chi connectivity index (χ1v) is 3.77. The predicted octanol–water partition coefficient (Wildman–Crippen LogP) is -0.898. The third kappa shape index (κ3) is 3.67. The van der Waals surface area contributed by atoms with E-state index in [9.17, 15) is 5.11 Å². The molecule has 1 unspecified atom stereocenters. The molecule has 3 N–H and O–H groups in total. The van der Waals surface area contributed by atoms with Crippen LogP contribution in [0.3, 0.4) is 0 Å². The largest absolute Gasteiger partial charge is 0.364 e. The van der Waals surface area contributed by atoms with Crippen molar-refractivity contribution in [3.05, 3.63) is 0 Å². The second kappa shape index (κ2) is 4.01. The van der Waals surface area contributed by atoms with Crippen molar-refractivity contribution >= 4 is 0 Å². The number of quaternary nitrogens is 1. The van der Waals surface area contributed by atoms with Crippen LogP contribution in [0.1, 0.15) is 13.3 Å². The minimum absolute atomic E-state index is 0.148. The fraction of sp³-hybridized carbons (Fsp3) is 1.00. The summed E-state index contributed by atoms with van der Waals surface area (Å²) in [6.45, 7) is 2.00. The highest BCUT2D eigenvalue weighted by atomic mass is 16.5. The molecule has 0 rings (SSSR count). The quantitative estimate of drug-likeness (QED) is 0.373. The van der Waals surface area contributed by atoms with E-state index in [1.165, 1.54) is 0 Å². The summed E-state index contributed by atoms with van der Waals surface area (Å²) in [5.74, 6) is 0. The van der Waals surface area contributed by atoms with Gasteiger partial charge in [-0.15, -0.1) is 0 Å². The summed E-state index contributed by atoms with van der Waals surface area (Å²) >= 11 is 0. The fourth-order valence-corrected chi connectivity index (χ4v) is 1.04. The Morgan fingerprint density at radius 2 is 1.64 bits per heavy atom. The molecular formula is C7H18NO3+. The third-order valence-electron chi connectivity index (χ3n) is 1.81. The summed E-state index contributed by atoms with van der Waals surface area (Å²) in [5, 5.41) is 26.7. The van der Waals surface area contributed by atoms with Gasteiger partial charge in [0.25, 0.3) is 0 Å². The van der Waals surface area contributed by atoms with Gasteiger partial charge in [-0.1, -0.05) is 6.92 Å². The Kier molecular flexibility index (Phi) is 3.96. The molecule has 0 aliphatic heterocycles. The van der Waals surface area contributed by atoms with E-state index in [4.69, 9.17) is 10.2 Å². The van der Waals surface area contributed by atoms with Gasteiger partial charge in [-0.05, 0) is 0 Å². The van der Waals surface area contributed by atoms with Crippen molar-refractivity contribution in [1.29, 1.82) is 0 Å². The zero-order chi connectivity index (χ0) is 9.07. The maximum atomic E-state index is 9.38.